The van der Waals surface area contributed by atoms with Gasteiger partial charge in [0.25, 0.3) is 0 Å². The van der Waals surface area contributed by atoms with E-state index in [2.05, 4.69) is 23.5 Å². The third-order valence-electron chi connectivity index (χ3n) is 2.78. The van der Waals surface area contributed by atoms with Gasteiger partial charge in [-0.3, -0.25) is 4.68 Å². The van der Waals surface area contributed by atoms with E-state index < -0.39 is 0 Å². The molecule has 0 amide bonds. The molecule has 5 heteroatoms. The Kier molecular flexibility index (Phi) is 7.64. The molecule has 104 valence electrons. The number of ether oxygens (including phenoxy) is 2. The Bertz CT molecular complexity index is 315. The van der Waals surface area contributed by atoms with E-state index in [1.807, 2.05) is 17.9 Å². The highest BCUT2D eigenvalue weighted by Crippen LogP contribution is 2.04. The number of nitrogens with one attached hydrogen (secondary N) is 1. The molecule has 1 aromatic heterocycles. The molecule has 1 N–H and O–H groups in total. The van der Waals surface area contributed by atoms with Crippen molar-refractivity contribution in [3.05, 3.63) is 18.0 Å². The summed E-state index contributed by atoms with van der Waals surface area (Å²) in [6.07, 6.45) is 6.08. The summed E-state index contributed by atoms with van der Waals surface area (Å²) in [6.45, 7) is 5.13. The molecular formula is C13H25N3O2. The lowest BCUT2D eigenvalue weighted by molar-refractivity contribution is 0.0578. The van der Waals surface area contributed by atoms with Crippen LogP contribution in [-0.2, 0) is 22.9 Å². The highest BCUT2D eigenvalue weighted by Gasteiger charge is 2.08. The Morgan fingerprint density at radius 3 is 2.89 bits per heavy atom. The SMILES string of the molecule is CCNC(CCc1cnn(C)c1)COCCOC. The third-order valence-corrected chi connectivity index (χ3v) is 2.78. The summed E-state index contributed by atoms with van der Waals surface area (Å²) >= 11 is 0. The summed E-state index contributed by atoms with van der Waals surface area (Å²) in [6, 6.07) is 0.395. The maximum absolute atomic E-state index is 5.57. The zero-order valence-electron chi connectivity index (χ0n) is 11.7. The first-order chi connectivity index (χ1) is 8.76. The predicted octanol–water partition coefficient (Wildman–Crippen LogP) is 0.994. The summed E-state index contributed by atoms with van der Waals surface area (Å²) in [5.41, 5.74) is 1.28. The number of hydrogen-bond donors (Lipinski definition) is 1. The van der Waals surface area contributed by atoms with E-state index in [4.69, 9.17) is 9.47 Å². The zero-order valence-corrected chi connectivity index (χ0v) is 11.7. The van der Waals surface area contributed by atoms with Crippen molar-refractivity contribution in [3.63, 3.8) is 0 Å². The normalized spacial score (nSPS) is 12.8. The Morgan fingerprint density at radius 1 is 1.44 bits per heavy atom. The standard InChI is InChI=1S/C13H25N3O2/c1-4-14-13(11-18-8-7-17-3)6-5-12-9-15-16(2)10-12/h9-10,13-14H,4-8,11H2,1-3H3. The number of aromatic nitrogens is 2. The third kappa shape index (κ3) is 6.14. The molecule has 1 unspecified atom stereocenters. The van der Waals surface area contributed by atoms with E-state index in [9.17, 15) is 0 Å². The molecule has 0 aliphatic carbocycles. The Morgan fingerprint density at radius 2 is 2.28 bits per heavy atom. The molecule has 0 spiro atoms. The minimum absolute atomic E-state index is 0.395. The van der Waals surface area contributed by atoms with Gasteiger partial charge < -0.3 is 14.8 Å². The molecule has 0 fully saturated rings. The van der Waals surface area contributed by atoms with Crippen molar-refractivity contribution in [3.8, 4) is 0 Å². The van der Waals surface area contributed by atoms with Crippen molar-refractivity contribution in [2.75, 3.05) is 33.5 Å². The number of aryl methyl sites for hydroxylation is 2. The van der Waals surface area contributed by atoms with Gasteiger partial charge in [-0.25, -0.2) is 0 Å². The molecule has 1 rings (SSSR count). The first-order valence-electron chi connectivity index (χ1n) is 6.53. The smallest absolute Gasteiger partial charge is 0.0701 e. The number of likely N-dealkylation sites (N-methyl/N-ethyl adjacent to an activating group) is 1. The molecular weight excluding hydrogens is 230 g/mol. The molecule has 0 radical (unpaired) electrons. The van der Waals surface area contributed by atoms with Gasteiger partial charge in [-0.05, 0) is 24.9 Å². The van der Waals surface area contributed by atoms with Crippen molar-refractivity contribution in [2.24, 2.45) is 7.05 Å². The van der Waals surface area contributed by atoms with Crippen LogP contribution in [0.3, 0.4) is 0 Å². The van der Waals surface area contributed by atoms with Crippen LogP contribution >= 0.6 is 0 Å². The molecule has 18 heavy (non-hydrogen) atoms. The second kappa shape index (κ2) is 9.08. The van der Waals surface area contributed by atoms with Crippen molar-refractivity contribution in [1.29, 1.82) is 0 Å². The van der Waals surface area contributed by atoms with E-state index >= 15 is 0 Å². The fourth-order valence-corrected chi connectivity index (χ4v) is 1.84. The van der Waals surface area contributed by atoms with Crippen LogP contribution in [0.4, 0.5) is 0 Å². The molecule has 1 atom stereocenters. The second-order valence-electron chi connectivity index (χ2n) is 4.38. The molecule has 0 aromatic carbocycles. The lowest BCUT2D eigenvalue weighted by Gasteiger charge is -2.17. The molecule has 0 saturated carbocycles. The number of methoxy groups -OCH3 is 1. The summed E-state index contributed by atoms with van der Waals surface area (Å²) in [5.74, 6) is 0. The van der Waals surface area contributed by atoms with Gasteiger partial charge in [0, 0.05) is 26.4 Å². The van der Waals surface area contributed by atoms with Crippen LogP contribution in [0, 0.1) is 0 Å². The minimum atomic E-state index is 0.395. The fourth-order valence-electron chi connectivity index (χ4n) is 1.84. The Labute approximate surface area is 109 Å². The lowest BCUT2D eigenvalue weighted by atomic mass is 10.1. The quantitative estimate of drug-likeness (QED) is 0.634. The molecule has 5 nitrogen and oxygen atoms in total. The van der Waals surface area contributed by atoms with Crippen LogP contribution in [0.5, 0.6) is 0 Å². The summed E-state index contributed by atoms with van der Waals surface area (Å²) in [5, 5.41) is 7.62. The van der Waals surface area contributed by atoms with Crippen LogP contribution < -0.4 is 5.32 Å². The van der Waals surface area contributed by atoms with Crippen LogP contribution in [-0.4, -0.2) is 49.3 Å². The fraction of sp³-hybridized carbons (Fsp3) is 0.769. The molecule has 0 aliphatic rings. The second-order valence-corrected chi connectivity index (χ2v) is 4.38. The lowest BCUT2D eigenvalue weighted by Crippen LogP contribution is -2.34. The van der Waals surface area contributed by atoms with Crippen molar-refractivity contribution < 1.29 is 9.47 Å². The van der Waals surface area contributed by atoms with E-state index in [-0.39, 0.29) is 0 Å². The van der Waals surface area contributed by atoms with Gasteiger partial charge in [0.1, 0.15) is 0 Å². The van der Waals surface area contributed by atoms with Gasteiger partial charge >= 0.3 is 0 Å². The molecule has 0 bridgehead atoms. The number of hydrogen-bond acceptors (Lipinski definition) is 4. The van der Waals surface area contributed by atoms with Gasteiger partial charge in [0.2, 0.25) is 0 Å². The molecule has 0 aliphatic heterocycles. The average molecular weight is 255 g/mol. The molecule has 1 aromatic rings. The van der Waals surface area contributed by atoms with Crippen LogP contribution in [0.2, 0.25) is 0 Å². The van der Waals surface area contributed by atoms with Crippen molar-refractivity contribution >= 4 is 0 Å². The Balaban J connectivity index is 2.24. The summed E-state index contributed by atoms with van der Waals surface area (Å²) < 4.78 is 12.4. The largest absolute Gasteiger partial charge is 0.382 e. The van der Waals surface area contributed by atoms with E-state index in [1.54, 1.807) is 7.11 Å². The first kappa shape index (κ1) is 15.1. The van der Waals surface area contributed by atoms with Gasteiger partial charge in [-0.2, -0.15) is 5.10 Å². The van der Waals surface area contributed by atoms with E-state index in [1.165, 1.54) is 5.56 Å². The molecule has 1 heterocycles. The first-order valence-corrected chi connectivity index (χ1v) is 6.53. The number of nitrogens with zero attached hydrogens (tertiary/aromatic N) is 2. The van der Waals surface area contributed by atoms with Gasteiger partial charge in [0.15, 0.2) is 0 Å². The maximum atomic E-state index is 5.57. The minimum Gasteiger partial charge on any atom is -0.382 e. The number of rotatable bonds is 10. The van der Waals surface area contributed by atoms with E-state index in [0.29, 0.717) is 19.3 Å². The molecule has 0 saturated heterocycles. The zero-order chi connectivity index (χ0) is 13.2. The van der Waals surface area contributed by atoms with E-state index in [0.717, 1.165) is 26.0 Å². The van der Waals surface area contributed by atoms with Crippen LogP contribution in [0.15, 0.2) is 12.4 Å². The monoisotopic (exact) mass is 255 g/mol. The maximum Gasteiger partial charge on any atom is 0.0701 e. The van der Waals surface area contributed by atoms with Gasteiger partial charge in [-0.1, -0.05) is 6.92 Å². The van der Waals surface area contributed by atoms with Gasteiger partial charge in [0.05, 0.1) is 26.0 Å². The van der Waals surface area contributed by atoms with Gasteiger partial charge in [-0.15, -0.1) is 0 Å². The average Bonchev–Trinajstić information content (AvgIpc) is 2.77. The van der Waals surface area contributed by atoms with Crippen LogP contribution in [0.25, 0.3) is 0 Å². The predicted molar refractivity (Wildman–Crippen MR) is 71.7 cm³/mol. The van der Waals surface area contributed by atoms with Crippen LogP contribution in [0.1, 0.15) is 18.9 Å². The summed E-state index contributed by atoms with van der Waals surface area (Å²) in [7, 11) is 3.63. The highest BCUT2D eigenvalue weighted by molar-refractivity contribution is 5.03. The highest BCUT2D eigenvalue weighted by atomic mass is 16.5. The van der Waals surface area contributed by atoms with Crippen molar-refractivity contribution in [2.45, 2.75) is 25.8 Å². The summed E-state index contributed by atoms with van der Waals surface area (Å²) in [4.78, 5) is 0. The van der Waals surface area contributed by atoms with Crippen molar-refractivity contribution in [1.82, 2.24) is 15.1 Å². The topological polar surface area (TPSA) is 48.3 Å². The Hall–Kier alpha value is -0.910.